The highest BCUT2D eigenvalue weighted by Gasteiger charge is 2.28. The van der Waals surface area contributed by atoms with E-state index in [0.717, 1.165) is 16.7 Å². The molecule has 1 aliphatic heterocycles. The Kier molecular flexibility index (Phi) is 4.00. The van der Waals surface area contributed by atoms with Crippen LogP contribution in [0.25, 0.3) is 0 Å². The van der Waals surface area contributed by atoms with Gasteiger partial charge in [-0.1, -0.05) is 11.8 Å². The normalized spacial score (nSPS) is 14.3. The fraction of sp³-hybridized carbons (Fsp3) is 0.273. The summed E-state index contributed by atoms with van der Waals surface area (Å²) in [5.41, 5.74) is 0.0318. The summed E-state index contributed by atoms with van der Waals surface area (Å²) in [5, 5.41) is 9.21. The number of aromatic nitrogens is 1. The zero-order valence-electron chi connectivity index (χ0n) is 9.74. The van der Waals surface area contributed by atoms with Crippen molar-refractivity contribution in [3.05, 3.63) is 23.9 Å². The molecular weight excluding hydrogens is 272 g/mol. The lowest BCUT2D eigenvalue weighted by Gasteiger charge is -2.10. The lowest BCUT2D eigenvalue weighted by atomic mass is 10.3. The quantitative estimate of drug-likeness (QED) is 0.817. The summed E-state index contributed by atoms with van der Waals surface area (Å²) in [6.07, 6.45) is 0.786. The lowest BCUT2D eigenvalue weighted by Crippen LogP contribution is -2.33. The number of carboxylic acids is 1. The molecule has 1 saturated heterocycles. The third-order valence-electron chi connectivity index (χ3n) is 2.40. The van der Waals surface area contributed by atoms with E-state index in [-0.39, 0.29) is 29.5 Å². The first-order valence-corrected chi connectivity index (χ1v) is 6.36. The van der Waals surface area contributed by atoms with E-state index in [1.54, 1.807) is 0 Å². The van der Waals surface area contributed by atoms with E-state index in [1.165, 1.54) is 18.3 Å². The molecule has 0 aliphatic carbocycles. The number of thioether (sulfide) groups is 1. The van der Waals surface area contributed by atoms with Crippen LogP contribution in [0, 0.1) is 0 Å². The maximum atomic E-state index is 11.7. The van der Waals surface area contributed by atoms with Gasteiger partial charge in [0.05, 0.1) is 17.9 Å². The van der Waals surface area contributed by atoms with E-state index in [0.29, 0.717) is 0 Å². The van der Waals surface area contributed by atoms with E-state index >= 15 is 0 Å². The second kappa shape index (κ2) is 5.70. The average Bonchev–Trinajstić information content (AvgIpc) is 2.82. The van der Waals surface area contributed by atoms with Gasteiger partial charge in [-0.15, -0.1) is 0 Å². The molecule has 1 aliphatic rings. The first-order valence-electron chi connectivity index (χ1n) is 5.38. The van der Waals surface area contributed by atoms with E-state index in [4.69, 9.17) is 5.11 Å². The van der Waals surface area contributed by atoms with Crippen molar-refractivity contribution in [3.8, 4) is 0 Å². The molecule has 0 spiro atoms. The first kappa shape index (κ1) is 13.3. The number of amides is 2. The number of aromatic carboxylic acids is 1. The van der Waals surface area contributed by atoms with Crippen molar-refractivity contribution in [2.24, 2.45) is 0 Å². The van der Waals surface area contributed by atoms with Crippen molar-refractivity contribution in [1.82, 2.24) is 9.88 Å². The van der Waals surface area contributed by atoms with Gasteiger partial charge in [-0.05, 0) is 12.1 Å². The van der Waals surface area contributed by atoms with Crippen LogP contribution in [0.3, 0.4) is 0 Å². The van der Waals surface area contributed by atoms with Gasteiger partial charge in [0, 0.05) is 6.20 Å². The van der Waals surface area contributed by atoms with Gasteiger partial charge < -0.3 is 9.84 Å². The Bertz CT molecular complexity index is 534. The molecule has 7 nitrogen and oxygen atoms in total. The second-order valence-corrected chi connectivity index (χ2v) is 4.57. The van der Waals surface area contributed by atoms with E-state index in [2.05, 4.69) is 9.72 Å². The molecule has 1 aromatic rings. The number of carbonyl (C=O) groups is 3. The minimum atomic E-state index is -1.11. The number of hydrogen-bond donors (Lipinski definition) is 1. The number of carbonyl (C=O) groups excluding carboxylic acids is 2. The molecule has 0 aromatic carbocycles. The number of hydrogen-bond acceptors (Lipinski definition) is 6. The van der Waals surface area contributed by atoms with Crippen LogP contribution in [0.2, 0.25) is 0 Å². The van der Waals surface area contributed by atoms with Gasteiger partial charge in [0.1, 0.15) is 11.6 Å². The fourth-order valence-electron chi connectivity index (χ4n) is 1.50. The highest BCUT2D eigenvalue weighted by molar-refractivity contribution is 8.00. The van der Waals surface area contributed by atoms with Gasteiger partial charge in [-0.25, -0.2) is 19.5 Å². The lowest BCUT2D eigenvalue weighted by molar-refractivity contribution is -0.125. The van der Waals surface area contributed by atoms with Crippen LogP contribution in [0.1, 0.15) is 10.4 Å². The number of carboxylic acid groups (broad SMARTS) is 1. The van der Waals surface area contributed by atoms with Crippen LogP contribution in [0.15, 0.2) is 23.4 Å². The molecule has 0 saturated carbocycles. The molecule has 2 rings (SSSR count). The molecule has 0 bridgehead atoms. The highest BCUT2D eigenvalue weighted by Crippen LogP contribution is 2.20. The van der Waals surface area contributed by atoms with E-state index in [9.17, 15) is 14.4 Å². The Balaban J connectivity index is 2.01. The number of nitrogens with zero attached hydrogens (tertiary/aromatic N) is 2. The summed E-state index contributed by atoms with van der Waals surface area (Å²) < 4.78 is 4.65. The van der Waals surface area contributed by atoms with Crippen molar-refractivity contribution in [2.75, 3.05) is 18.9 Å². The van der Waals surface area contributed by atoms with Gasteiger partial charge in [0.25, 0.3) is 0 Å². The van der Waals surface area contributed by atoms with E-state index < -0.39 is 18.0 Å². The van der Waals surface area contributed by atoms with Crippen molar-refractivity contribution in [3.63, 3.8) is 0 Å². The van der Waals surface area contributed by atoms with Gasteiger partial charge in [0.2, 0.25) is 5.91 Å². The maximum Gasteiger partial charge on any atom is 0.416 e. The largest absolute Gasteiger partial charge is 0.478 e. The molecule has 8 heteroatoms. The zero-order chi connectivity index (χ0) is 13.8. The van der Waals surface area contributed by atoms with Crippen LogP contribution in [0.5, 0.6) is 0 Å². The third-order valence-corrected chi connectivity index (χ3v) is 3.39. The SMILES string of the molecule is O=C(O)c1cccnc1SCC(=O)N1CCOC1=O. The Morgan fingerprint density at radius 3 is 2.95 bits per heavy atom. The summed E-state index contributed by atoms with van der Waals surface area (Å²) in [6.45, 7) is 0.422. The van der Waals surface area contributed by atoms with Crippen LogP contribution < -0.4 is 0 Å². The standard InChI is InChI=1S/C11H10N2O5S/c14-8(13-4-5-18-11(13)17)6-19-9-7(10(15)16)2-1-3-12-9/h1-3H,4-6H2,(H,15,16). The van der Waals surface area contributed by atoms with Gasteiger partial charge >= 0.3 is 12.1 Å². The van der Waals surface area contributed by atoms with Crippen molar-refractivity contribution in [2.45, 2.75) is 5.03 Å². The van der Waals surface area contributed by atoms with Crippen molar-refractivity contribution < 1.29 is 24.2 Å². The topological polar surface area (TPSA) is 96.8 Å². The summed E-state index contributed by atoms with van der Waals surface area (Å²) >= 11 is 0.981. The summed E-state index contributed by atoms with van der Waals surface area (Å²) in [4.78, 5) is 38.8. The fourth-order valence-corrected chi connectivity index (χ4v) is 2.36. The molecule has 0 radical (unpaired) electrons. The predicted octanol–water partition coefficient (Wildman–Crippen LogP) is 0.851. The Labute approximate surface area is 112 Å². The molecule has 0 unspecified atom stereocenters. The van der Waals surface area contributed by atoms with Crippen molar-refractivity contribution in [1.29, 1.82) is 0 Å². The monoisotopic (exact) mass is 282 g/mol. The summed E-state index contributed by atoms with van der Waals surface area (Å²) in [7, 11) is 0. The molecule has 2 amide bonds. The second-order valence-electron chi connectivity index (χ2n) is 3.61. The van der Waals surface area contributed by atoms with Crippen LogP contribution >= 0.6 is 11.8 Å². The first-order chi connectivity index (χ1) is 9.09. The van der Waals surface area contributed by atoms with Gasteiger partial charge in [-0.3, -0.25) is 4.79 Å². The van der Waals surface area contributed by atoms with E-state index in [1.807, 2.05) is 0 Å². The number of cyclic esters (lactones) is 1. The number of rotatable bonds is 4. The van der Waals surface area contributed by atoms with Crippen LogP contribution in [0.4, 0.5) is 4.79 Å². The third kappa shape index (κ3) is 3.02. The summed E-state index contributed by atoms with van der Waals surface area (Å²) in [5.74, 6) is -1.59. The minimum Gasteiger partial charge on any atom is -0.478 e. The number of ether oxygens (including phenoxy) is 1. The Morgan fingerprint density at radius 2 is 2.32 bits per heavy atom. The molecule has 0 atom stereocenters. The zero-order valence-corrected chi connectivity index (χ0v) is 10.6. The molecule has 1 aromatic heterocycles. The Hall–Kier alpha value is -2.09. The molecule has 1 N–H and O–H groups in total. The van der Waals surface area contributed by atoms with Crippen LogP contribution in [-0.4, -0.2) is 51.9 Å². The molecule has 2 heterocycles. The average molecular weight is 282 g/mol. The molecule has 1 fully saturated rings. The smallest absolute Gasteiger partial charge is 0.416 e. The molecular formula is C11H10N2O5S. The highest BCUT2D eigenvalue weighted by atomic mass is 32.2. The molecule has 100 valence electrons. The maximum absolute atomic E-state index is 11.7. The Morgan fingerprint density at radius 1 is 1.53 bits per heavy atom. The van der Waals surface area contributed by atoms with Gasteiger partial charge in [-0.2, -0.15) is 0 Å². The molecule has 19 heavy (non-hydrogen) atoms. The number of imide groups is 1. The minimum absolute atomic E-state index is 0.0318. The summed E-state index contributed by atoms with van der Waals surface area (Å²) in [6, 6.07) is 2.92. The predicted molar refractivity (Wildman–Crippen MR) is 65.0 cm³/mol. The van der Waals surface area contributed by atoms with Crippen molar-refractivity contribution >= 4 is 29.7 Å². The van der Waals surface area contributed by atoms with Gasteiger partial charge in [0.15, 0.2) is 0 Å². The van der Waals surface area contributed by atoms with Crippen LogP contribution in [-0.2, 0) is 9.53 Å². The number of pyridine rings is 1.